The minimum Gasteiger partial charge on any atom is -0.485 e. The molecule has 2 aromatic rings. The van der Waals surface area contributed by atoms with Gasteiger partial charge in [0.05, 0.1) is 25.2 Å². The molecule has 8 heteroatoms. The van der Waals surface area contributed by atoms with Crippen LogP contribution in [0.3, 0.4) is 0 Å². The molecule has 2 aromatic carbocycles. The van der Waals surface area contributed by atoms with E-state index < -0.39 is 39.9 Å². The third-order valence-electron chi connectivity index (χ3n) is 5.85. The van der Waals surface area contributed by atoms with Crippen LogP contribution in [-0.4, -0.2) is 49.8 Å². The summed E-state index contributed by atoms with van der Waals surface area (Å²) in [6.45, 7) is 14.0. The molecule has 6 N–H and O–H groups in total. The summed E-state index contributed by atoms with van der Waals surface area (Å²) in [6.07, 6.45) is 9.12. The van der Waals surface area contributed by atoms with Crippen molar-refractivity contribution in [2.75, 3.05) is 19.8 Å². The van der Waals surface area contributed by atoms with Crippen molar-refractivity contribution in [1.82, 2.24) is 0 Å². The Hall–Kier alpha value is -2.61. The maximum Gasteiger partial charge on any atom is 0.324 e. The van der Waals surface area contributed by atoms with E-state index in [-0.39, 0.29) is 0 Å². The fourth-order valence-corrected chi connectivity index (χ4v) is 3.94. The van der Waals surface area contributed by atoms with Gasteiger partial charge < -0.3 is 34.7 Å². The molecule has 1 unspecified atom stereocenters. The van der Waals surface area contributed by atoms with E-state index in [2.05, 4.69) is 32.4 Å². The standard InChI is InChI=1S/C29H36O4.H3O3P/c1-5-9-22-13-15-26(24(17-22)11-7-3)28(29(19-30,20-31)21-32)33-27-16-14-23(10-6-2)18-25(27)12-8-4;1-4(2)3/h5-8,13-18,28,30-32H,1-4,9-12,19-21H2;1-3H. The van der Waals surface area contributed by atoms with E-state index in [1.165, 1.54) is 0 Å². The van der Waals surface area contributed by atoms with Gasteiger partial charge in [-0.2, -0.15) is 0 Å². The number of rotatable bonds is 15. The fourth-order valence-electron chi connectivity index (χ4n) is 3.94. The van der Waals surface area contributed by atoms with Crippen LogP contribution in [0.25, 0.3) is 0 Å². The van der Waals surface area contributed by atoms with E-state index in [9.17, 15) is 15.3 Å². The molecule has 2 rings (SSSR count). The van der Waals surface area contributed by atoms with E-state index >= 15 is 0 Å². The predicted octanol–water partition coefficient (Wildman–Crippen LogP) is 3.87. The summed E-state index contributed by atoms with van der Waals surface area (Å²) in [6, 6.07) is 11.9. The molecule has 0 heterocycles. The molecular weight excluding hydrogens is 491 g/mol. The van der Waals surface area contributed by atoms with E-state index in [1.807, 2.05) is 42.5 Å². The Bertz CT molecular complexity index is 1000. The molecule has 202 valence electrons. The van der Waals surface area contributed by atoms with Crippen LogP contribution in [0.2, 0.25) is 0 Å². The van der Waals surface area contributed by atoms with E-state index in [0.717, 1.165) is 40.7 Å². The van der Waals surface area contributed by atoms with E-state index in [0.29, 0.717) is 18.6 Å². The molecule has 0 fully saturated rings. The van der Waals surface area contributed by atoms with Gasteiger partial charge in [-0.05, 0) is 59.6 Å². The van der Waals surface area contributed by atoms with Crippen molar-refractivity contribution in [1.29, 1.82) is 0 Å². The van der Waals surface area contributed by atoms with Crippen molar-refractivity contribution < 1.29 is 34.7 Å². The predicted molar refractivity (Wildman–Crippen MR) is 149 cm³/mol. The third kappa shape index (κ3) is 9.65. The Morgan fingerprint density at radius 1 is 0.703 bits per heavy atom. The lowest BCUT2D eigenvalue weighted by molar-refractivity contribution is -0.0747. The smallest absolute Gasteiger partial charge is 0.324 e. The van der Waals surface area contributed by atoms with Gasteiger partial charge in [0.1, 0.15) is 11.9 Å². The molecule has 37 heavy (non-hydrogen) atoms. The molecule has 0 aromatic heterocycles. The van der Waals surface area contributed by atoms with Gasteiger partial charge in [-0.3, -0.25) is 0 Å². The first-order valence-corrected chi connectivity index (χ1v) is 13.0. The molecule has 0 spiro atoms. The highest BCUT2D eigenvalue weighted by Crippen LogP contribution is 2.40. The maximum absolute atomic E-state index is 10.3. The second-order valence-corrected chi connectivity index (χ2v) is 9.09. The number of aliphatic hydroxyl groups is 3. The summed E-state index contributed by atoms with van der Waals surface area (Å²) < 4.78 is 6.53. The van der Waals surface area contributed by atoms with Crippen LogP contribution < -0.4 is 4.74 Å². The minimum absolute atomic E-state index is 0.446. The lowest BCUT2D eigenvalue weighted by Gasteiger charge is -2.38. The lowest BCUT2D eigenvalue weighted by atomic mass is 9.78. The number of benzene rings is 2. The molecule has 7 nitrogen and oxygen atoms in total. The molecule has 0 saturated carbocycles. The van der Waals surface area contributed by atoms with Gasteiger partial charge in [0.15, 0.2) is 0 Å². The molecule has 0 aliphatic carbocycles. The first-order chi connectivity index (χ1) is 17.7. The van der Waals surface area contributed by atoms with Gasteiger partial charge in [0, 0.05) is 0 Å². The summed E-state index contributed by atoms with van der Waals surface area (Å²) in [5, 5.41) is 30.8. The second kappa shape index (κ2) is 17.0. The minimum atomic E-state index is -2.62. The molecular formula is C29H39O7P. The Morgan fingerprint density at radius 3 is 1.59 bits per heavy atom. The molecule has 0 amide bonds. The first kappa shape index (κ1) is 32.4. The Morgan fingerprint density at radius 2 is 1.14 bits per heavy atom. The van der Waals surface area contributed by atoms with Crippen LogP contribution in [-0.2, 0) is 25.7 Å². The fraction of sp³-hybridized carbons (Fsp3) is 0.310. The van der Waals surface area contributed by atoms with Gasteiger partial charge >= 0.3 is 8.60 Å². The third-order valence-corrected chi connectivity index (χ3v) is 5.85. The molecule has 0 saturated heterocycles. The summed E-state index contributed by atoms with van der Waals surface area (Å²) in [7, 11) is -2.62. The van der Waals surface area contributed by atoms with Crippen molar-refractivity contribution in [3.8, 4) is 5.75 Å². The van der Waals surface area contributed by atoms with Crippen molar-refractivity contribution in [3.05, 3.63) is 115 Å². The van der Waals surface area contributed by atoms with Gasteiger partial charge in [0.25, 0.3) is 0 Å². The van der Waals surface area contributed by atoms with Gasteiger partial charge in [-0.15, -0.1) is 26.3 Å². The average Bonchev–Trinajstić information content (AvgIpc) is 2.87. The zero-order valence-corrected chi connectivity index (χ0v) is 22.1. The molecule has 1 atom stereocenters. The van der Waals surface area contributed by atoms with Crippen LogP contribution in [0.1, 0.15) is 33.9 Å². The average molecular weight is 531 g/mol. The van der Waals surface area contributed by atoms with Crippen molar-refractivity contribution >= 4 is 8.60 Å². The lowest BCUT2D eigenvalue weighted by Crippen LogP contribution is -2.43. The Labute approximate surface area is 221 Å². The number of hydrogen-bond acceptors (Lipinski definition) is 7. The van der Waals surface area contributed by atoms with Gasteiger partial charge in [-0.25, -0.2) is 0 Å². The van der Waals surface area contributed by atoms with Crippen LogP contribution in [0.5, 0.6) is 5.75 Å². The highest BCUT2D eigenvalue weighted by molar-refractivity contribution is 7.38. The topological polar surface area (TPSA) is 131 Å². The van der Waals surface area contributed by atoms with Crippen LogP contribution in [0, 0.1) is 5.41 Å². The molecule has 0 radical (unpaired) electrons. The summed E-state index contributed by atoms with van der Waals surface area (Å²) in [5.74, 6) is 0.618. The summed E-state index contributed by atoms with van der Waals surface area (Å²) >= 11 is 0. The second-order valence-electron chi connectivity index (χ2n) is 8.55. The highest BCUT2D eigenvalue weighted by Gasteiger charge is 2.42. The number of aliphatic hydroxyl groups excluding tert-OH is 3. The highest BCUT2D eigenvalue weighted by atomic mass is 31.2. The number of allylic oxidation sites excluding steroid dienone is 4. The van der Waals surface area contributed by atoms with Crippen molar-refractivity contribution in [2.45, 2.75) is 31.8 Å². The summed E-state index contributed by atoms with van der Waals surface area (Å²) in [4.78, 5) is 21.7. The number of hydrogen-bond donors (Lipinski definition) is 6. The van der Waals surface area contributed by atoms with E-state index in [1.54, 1.807) is 12.2 Å². The normalized spacial score (nSPS) is 11.8. The van der Waals surface area contributed by atoms with Crippen molar-refractivity contribution in [3.63, 3.8) is 0 Å². The molecule has 0 aliphatic heterocycles. The summed E-state index contributed by atoms with van der Waals surface area (Å²) in [5.41, 5.74) is 3.59. The van der Waals surface area contributed by atoms with Crippen LogP contribution >= 0.6 is 8.60 Å². The van der Waals surface area contributed by atoms with Gasteiger partial charge in [0.2, 0.25) is 0 Å². The Kier molecular flexibility index (Phi) is 14.9. The molecule has 0 bridgehead atoms. The molecule has 0 aliphatic rings. The van der Waals surface area contributed by atoms with E-state index in [4.69, 9.17) is 19.4 Å². The largest absolute Gasteiger partial charge is 0.485 e. The maximum atomic E-state index is 10.3. The van der Waals surface area contributed by atoms with Crippen molar-refractivity contribution in [2.24, 2.45) is 5.41 Å². The zero-order chi connectivity index (χ0) is 27.8. The quantitative estimate of drug-likeness (QED) is 0.152. The van der Waals surface area contributed by atoms with Crippen LogP contribution in [0.4, 0.5) is 0 Å². The monoisotopic (exact) mass is 530 g/mol. The zero-order valence-electron chi connectivity index (χ0n) is 21.2. The number of ether oxygens (including phenoxy) is 1. The first-order valence-electron chi connectivity index (χ1n) is 11.8. The van der Waals surface area contributed by atoms with Gasteiger partial charge in [-0.1, -0.05) is 54.6 Å². The van der Waals surface area contributed by atoms with Crippen LogP contribution in [0.15, 0.2) is 87.0 Å². The Balaban J connectivity index is 0.00000159. The SMILES string of the molecule is C=CCc1ccc(OC(c2ccc(CC=C)cc2CC=C)C(CO)(CO)CO)c(CC=C)c1.OP(O)O.